The Morgan fingerprint density at radius 3 is 2.37 bits per heavy atom. The summed E-state index contributed by atoms with van der Waals surface area (Å²) in [5.41, 5.74) is 3.04. The molecular weight excluding hydrogens is 340 g/mol. The standard InChI is InChI=1S/C21H22N4O2/c26-20-7-5-17(6-8-20)18-9-11-24(12-10-18)21(27)19-3-1-16(2-4-19)13-25-15-22-14-23-25/h1-8,14-15,18,26H,9-13H2. The smallest absolute Gasteiger partial charge is 0.253 e. The fraction of sp³-hybridized carbons (Fsp3) is 0.286. The number of phenols is 1. The van der Waals surface area contributed by atoms with Crippen LogP contribution in [0.4, 0.5) is 0 Å². The zero-order valence-corrected chi connectivity index (χ0v) is 15.0. The zero-order chi connectivity index (χ0) is 18.6. The summed E-state index contributed by atoms with van der Waals surface area (Å²) in [4.78, 5) is 18.7. The summed E-state index contributed by atoms with van der Waals surface area (Å²) in [6, 6.07) is 15.1. The molecule has 0 atom stereocenters. The third-order valence-corrected chi connectivity index (χ3v) is 5.16. The molecule has 1 aromatic heterocycles. The van der Waals surface area contributed by atoms with Crippen molar-refractivity contribution in [3.05, 3.63) is 77.9 Å². The first-order valence-corrected chi connectivity index (χ1v) is 9.18. The highest BCUT2D eigenvalue weighted by Crippen LogP contribution is 2.29. The van der Waals surface area contributed by atoms with E-state index in [2.05, 4.69) is 10.1 Å². The van der Waals surface area contributed by atoms with Crippen LogP contribution in [0.15, 0.2) is 61.2 Å². The minimum absolute atomic E-state index is 0.0893. The molecule has 0 unspecified atom stereocenters. The molecule has 0 aliphatic carbocycles. The quantitative estimate of drug-likeness (QED) is 0.774. The fourth-order valence-corrected chi connectivity index (χ4v) is 3.60. The van der Waals surface area contributed by atoms with E-state index in [0.717, 1.165) is 37.1 Å². The van der Waals surface area contributed by atoms with Crippen LogP contribution in [-0.2, 0) is 6.54 Å². The number of aromatic nitrogens is 3. The van der Waals surface area contributed by atoms with Gasteiger partial charge in [0.25, 0.3) is 5.91 Å². The minimum atomic E-state index is 0.0893. The van der Waals surface area contributed by atoms with Gasteiger partial charge in [0.15, 0.2) is 0 Å². The van der Waals surface area contributed by atoms with E-state index in [4.69, 9.17) is 0 Å². The van der Waals surface area contributed by atoms with E-state index in [1.54, 1.807) is 23.1 Å². The van der Waals surface area contributed by atoms with Gasteiger partial charge in [-0.25, -0.2) is 9.67 Å². The Morgan fingerprint density at radius 2 is 1.74 bits per heavy atom. The topological polar surface area (TPSA) is 71.2 Å². The van der Waals surface area contributed by atoms with E-state index in [1.165, 1.54) is 11.9 Å². The van der Waals surface area contributed by atoms with Crippen LogP contribution in [0.25, 0.3) is 0 Å². The summed E-state index contributed by atoms with van der Waals surface area (Å²) in [6.45, 7) is 2.16. The van der Waals surface area contributed by atoms with Crippen LogP contribution in [-0.4, -0.2) is 43.8 Å². The van der Waals surface area contributed by atoms with Crippen molar-refractivity contribution in [3.8, 4) is 5.75 Å². The van der Waals surface area contributed by atoms with Gasteiger partial charge in [0.05, 0.1) is 6.54 Å². The number of hydrogen-bond acceptors (Lipinski definition) is 4. The number of amides is 1. The van der Waals surface area contributed by atoms with Crippen LogP contribution in [0.1, 0.15) is 40.2 Å². The van der Waals surface area contributed by atoms with Gasteiger partial charge in [0.2, 0.25) is 0 Å². The largest absolute Gasteiger partial charge is 0.508 e. The molecule has 0 radical (unpaired) electrons. The number of hydrogen-bond donors (Lipinski definition) is 1. The van der Waals surface area contributed by atoms with E-state index in [0.29, 0.717) is 18.2 Å². The second-order valence-corrected chi connectivity index (χ2v) is 6.95. The number of piperidine rings is 1. The lowest BCUT2D eigenvalue weighted by Crippen LogP contribution is -2.37. The molecule has 1 aliphatic heterocycles. The van der Waals surface area contributed by atoms with Crippen molar-refractivity contribution < 1.29 is 9.90 Å². The normalized spacial score (nSPS) is 15.0. The molecule has 27 heavy (non-hydrogen) atoms. The molecule has 2 aromatic carbocycles. The van der Waals surface area contributed by atoms with Crippen molar-refractivity contribution in [2.75, 3.05) is 13.1 Å². The zero-order valence-electron chi connectivity index (χ0n) is 15.0. The van der Waals surface area contributed by atoms with E-state index in [9.17, 15) is 9.90 Å². The second kappa shape index (κ2) is 7.61. The van der Waals surface area contributed by atoms with Gasteiger partial charge >= 0.3 is 0 Å². The van der Waals surface area contributed by atoms with Crippen molar-refractivity contribution >= 4 is 5.91 Å². The monoisotopic (exact) mass is 362 g/mol. The van der Waals surface area contributed by atoms with Gasteiger partial charge < -0.3 is 10.0 Å². The molecule has 6 heteroatoms. The Kier molecular flexibility index (Phi) is 4.87. The summed E-state index contributed by atoms with van der Waals surface area (Å²) in [5, 5.41) is 13.5. The predicted octanol–water partition coefficient (Wildman–Crippen LogP) is 3.05. The van der Waals surface area contributed by atoms with Crippen LogP contribution in [0.5, 0.6) is 5.75 Å². The molecule has 0 spiro atoms. The van der Waals surface area contributed by atoms with Gasteiger partial charge in [0, 0.05) is 18.7 Å². The summed E-state index contributed by atoms with van der Waals surface area (Å²) in [7, 11) is 0. The van der Waals surface area contributed by atoms with Crippen molar-refractivity contribution in [1.29, 1.82) is 0 Å². The van der Waals surface area contributed by atoms with Crippen LogP contribution in [0.3, 0.4) is 0 Å². The maximum atomic E-state index is 12.8. The highest BCUT2D eigenvalue weighted by Gasteiger charge is 2.24. The molecule has 1 aliphatic rings. The van der Waals surface area contributed by atoms with E-state index < -0.39 is 0 Å². The SMILES string of the molecule is O=C(c1ccc(Cn2cncn2)cc1)N1CCC(c2ccc(O)cc2)CC1. The first-order valence-electron chi connectivity index (χ1n) is 9.18. The molecule has 0 saturated carbocycles. The second-order valence-electron chi connectivity index (χ2n) is 6.95. The van der Waals surface area contributed by atoms with E-state index >= 15 is 0 Å². The molecule has 3 aromatic rings. The number of aromatic hydroxyl groups is 1. The molecule has 4 rings (SSSR count). The van der Waals surface area contributed by atoms with Crippen LogP contribution >= 0.6 is 0 Å². The Hall–Kier alpha value is -3.15. The molecule has 138 valence electrons. The highest BCUT2D eigenvalue weighted by molar-refractivity contribution is 5.94. The van der Waals surface area contributed by atoms with Gasteiger partial charge in [-0.1, -0.05) is 24.3 Å². The van der Waals surface area contributed by atoms with Crippen LogP contribution < -0.4 is 0 Å². The lowest BCUT2D eigenvalue weighted by molar-refractivity contribution is 0.0713. The van der Waals surface area contributed by atoms with E-state index in [1.807, 2.05) is 41.3 Å². The number of benzene rings is 2. The number of likely N-dealkylation sites (tertiary alicyclic amines) is 1. The summed E-state index contributed by atoms with van der Waals surface area (Å²) in [5.74, 6) is 0.824. The number of rotatable bonds is 4. The third-order valence-electron chi connectivity index (χ3n) is 5.16. The Balaban J connectivity index is 1.35. The van der Waals surface area contributed by atoms with Gasteiger partial charge in [-0.3, -0.25) is 4.79 Å². The molecule has 1 N–H and O–H groups in total. The number of carbonyl (C=O) groups is 1. The lowest BCUT2D eigenvalue weighted by Gasteiger charge is -2.32. The Bertz CT molecular complexity index is 881. The van der Waals surface area contributed by atoms with Gasteiger partial charge in [-0.2, -0.15) is 5.10 Å². The van der Waals surface area contributed by atoms with Gasteiger partial charge in [0.1, 0.15) is 18.4 Å². The average Bonchev–Trinajstić information content (AvgIpc) is 3.22. The Labute approximate surface area is 158 Å². The summed E-state index contributed by atoms with van der Waals surface area (Å²) in [6.07, 6.45) is 5.08. The molecule has 6 nitrogen and oxygen atoms in total. The minimum Gasteiger partial charge on any atom is -0.508 e. The molecule has 2 heterocycles. The van der Waals surface area contributed by atoms with Gasteiger partial charge in [-0.05, 0) is 54.2 Å². The van der Waals surface area contributed by atoms with E-state index in [-0.39, 0.29) is 5.91 Å². The predicted molar refractivity (Wildman–Crippen MR) is 102 cm³/mol. The lowest BCUT2D eigenvalue weighted by atomic mass is 9.89. The van der Waals surface area contributed by atoms with Crippen LogP contribution in [0.2, 0.25) is 0 Å². The third kappa shape index (κ3) is 4.00. The van der Waals surface area contributed by atoms with Crippen LogP contribution in [0, 0.1) is 0 Å². The maximum absolute atomic E-state index is 12.8. The van der Waals surface area contributed by atoms with Crippen molar-refractivity contribution in [1.82, 2.24) is 19.7 Å². The molecule has 0 bridgehead atoms. The number of nitrogens with zero attached hydrogens (tertiary/aromatic N) is 4. The van der Waals surface area contributed by atoms with Gasteiger partial charge in [-0.15, -0.1) is 0 Å². The number of carbonyl (C=O) groups excluding carboxylic acids is 1. The molecule has 1 saturated heterocycles. The van der Waals surface area contributed by atoms with Crippen molar-refractivity contribution in [3.63, 3.8) is 0 Å². The Morgan fingerprint density at radius 1 is 1.04 bits per heavy atom. The molecule has 1 fully saturated rings. The maximum Gasteiger partial charge on any atom is 0.253 e. The molecular formula is C21H22N4O2. The highest BCUT2D eigenvalue weighted by atomic mass is 16.3. The van der Waals surface area contributed by atoms with Crippen molar-refractivity contribution in [2.45, 2.75) is 25.3 Å². The summed E-state index contributed by atoms with van der Waals surface area (Å²) >= 11 is 0. The fourth-order valence-electron chi connectivity index (χ4n) is 3.60. The average molecular weight is 362 g/mol. The molecule has 1 amide bonds. The van der Waals surface area contributed by atoms with Crippen molar-refractivity contribution in [2.24, 2.45) is 0 Å². The first-order chi connectivity index (χ1) is 13.2. The number of phenolic OH excluding ortho intramolecular Hbond substituents is 1. The summed E-state index contributed by atoms with van der Waals surface area (Å²) < 4.78 is 1.75. The first kappa shape index (κ1) is 17.3.